The summed E-state index contributed by atoms with van der Waals surface area (Å²) in [5.74, 6) is 0.959. The second kappa shape index (κ2) is 6.11. The highest BCUT2D eigenvalue weighted by atomic mass is 35.5. The molecule has 0 aliphatic rings. The molecule has 0 saturated heterocycles. The standard InChI is InChI=1S/C12H11Cl2N3O3/c1-19-9-3-4-15-8(11(9)20-2)6-17-12(18)10(14)7(13)5-16-17/h3-5H,6H2,1-2H3. The largest absolute Gasteiger partial charge is 0.493 e. The molecule has 0 fully saturated rings. The summed E-state index contributed by atoms with van der Waals surface area (Å²) in [5, 5.41) is 3.95. The number of nitrogens with zero attached hydrogens (tertiary/aromatic N) is 3. The van der Waals surface area contributed by atoms with Crippen molar-refractivity contribution in [1.29, 1.82) is 0 Å². The van der Waals surface area contributed by atoms with Crippen molar-refractivity contribution in [2.45, 2.75) is 6.54 Å². The zero-order valence-electron chi connectivity index (χ0n) is 10.8. The summed E-state index contributed by atoms with van der Waals surface area (Å²) in [4.78, 5) is 16.1. The monoisotopic (exact) mass is 315 g/mol. The summed E-state index contributed by atoms with van der Waals surface area (Å²) in [5.41, 5.74) is 0.00526. The Labute approximate surface area is 124 Å². The van der Waals surface area contributed by atoms with Crippen LogP contribution in [0.2, 0.25) is 10.0 Å². The van der Waals surface area contributed by atoms with E-state index in [2.05, 4.69) is 10.1 Å². The van der Waals surface area contributed by atoms with E-state index in [1.807, 2.05) is 0 Å². The lowest BCUT2D eigenvalue weighted by atomic mass is 10.3. The van der Waals surface area contributed by atoms with Gasteiger partial charge in [-0.15, -0.1) is 0 Å². The average Bonchev–Trinajstić information content (AvgIpc) is 2.47. The van der Waals surface area contributed by atoms with Crippen LogP contribution in [0.25, 0.3) is 0 Å². The van der Waals surface area contributed by atoms with Crippen molar-refractivity contribution < 1.29 is 9.47 Å². The molecule has 2 aromatic rings. The van der Waals surface area contributed by atoms with Crippen molar-refractivity contribution in [2.75, 3.05) is 14.2 Å². The van der Waals surface area contributed by atoms with Crippen molar-refractivity contribution in [3.63, 3.8) is 0 Å². The van der Waals surface area contributed by atoms with E-state index in [1.54, 1.807) is 12.3 Å². The Morgan fingerprint density at radius 2 is 2.05 bits per heavy atom. The van der Waals surface area contributed by atoms with E-state index in [1.165, 1.54) is 20.4 Å². The highest BCUT2D eigenvalue weighted by molar-refractivity contribution is 6.41. The third-order valence-electron chi connectivity index (χ3n) is 2.61. The summed E-state index contributed by atoms with van der Waals surface area (Å²) in [7, 11) is 3.01. The van der Waals surface area contributed by atoms with Crippen LogP contribution in [0.15, 0.2) is 23.3 Å². The van der Waals surface area contributed by atoms with Gasteiger partial charge in [0.1, 0.15) is 10.7 Å². The second-order valence-corrected chi connectivity index (χ2v) is 4.55. The summed E-state index contributed by atoms with van der Waals surface area (Å²) in [6.07, 6.45) is 2.86. The number of halogens is 2. The fourth-order valence-corrected chi connectivity index (χ4v) is 1.93. The molecule has 0 saturated carbocycles. The molecule has 0 aliphatic heterocycles. The Morgan fingerprint density at radius 3 is 2.70 bits per heavy atom. The van der Waals surface area contributed by atoms with E-state index in [4.69, 9.17) is 32.7 Å². The molecular weight excluding hydrogens is 305 g/mol. The van der Waals surface area contributed by atoms with Crippen LogP contribution >= 0.6 is 23.2 Å². The van der Waals surface area contributed by atoms with Gasteiger partial charge in [0.05, 0.1) is 32.0 Å². The molecular formula is C12H11Cl2N3O3. The Bertz CT molecular complexity index is 688. The van der Waals surface area contributed by atoms with Crippen LogP contribution in [-0.2, 0) is 6.54 Å². The van der Waals surface area contributed by atoms with Crippen molar-refractivity contribution in [2.24, 2.45) is 0 Å². The van der Waals surface area contributed by atoms with E-state index in [0.29, 0.717) is 17.2 Å². The summed E-state index contributed by atoms with van der Waals surface area (Å²) in [6, 6.07) is 1.66. The molecule has 0 N–H and O–H groups in total. The maximum absolute atomic E-state index is 11.9. The molecule has 0 bridgehead atoms. The Balaban J connectivity index is 2.45. The Morgan fingerprint density at radius 1 is 1.30 bits per heavy atom. The average molecular weight is 316 g/mol. The first-order valence-corrected chi connectivity index (χ1v) is 6.31. The van der Waals surface area contributed by atoms with Crippen molar-refractivity contribution in [1.82, 2.24) is 14.8 Å². The second-order valence-electron chi connectivity index (χ2n) is 3.76. The van der Waals surface area contributed by atoms with Gasteiger partial charge >= 0.3 is 0 Å². The molecule has 0 radical (unpaired) electrons. The highest BCUT2D eigenvalue weighted by Gasteiger charge is 2.14. The van der Waals surface area contributed by atoms with Gasteiger partial charge in [-0.05, 0) is 0 Å². The number of methoxy groups -OCH3 is 2. The predicted molar refractivity (Wildman–Crippen MR) is 75.0 cm³/mol. The van der Waals surface area contributed by atoms with Gasteiger partial charge in [0.25, 0.3) is 5.56 Å². The summed E-state index contributed by atoms with van der Waals surface area (Å²) in [6.45, 7) is 0.0933. The van der Waals surface area contributed by atoms with Gasteiger partial charge < -0.3 is 9.47 Å². The van der Waals surface area contributed by atoms with Gasteiger partial charge in [-0.3, -0.25) is 9.78 Å². The van der Waals surface area contributed by atoms with Crippen molar-refractivity contribution in [3.05, 3.63) is 44.6 Å². The molecule has 2 rings (SSSR count). The van der Waals surface area contributed by atoms with Crippen LogP contribution in [-0.4, -0.2) is 29.0 Å². The SMILES string of the molecule is COc1ccnc(Cn2ncc(Cl)c(Cl)c2=O)c1OC. The van der Waals surface area contributed by atoms with Crippen LogP contribution in [0.5, 0.6) is 11.5 Å². The number of hydrogen-bond donors (Lipinski definition) is 0. The summed E-state index contributed by atoms with van der Waals surface area (Å²) < 4.78 is 11.6. The molecule has 0 spiro atoms. The lowest BCUT2D eigenvalue weighted by molar-refractivity contribution is 0.347. The van der Waals surface area contributed by atoms with E-state index < -0.39 is 5.56 Å². The van der Waals surface area contributed by atoms with Crippen molar-refractivity contribution >= 4 is 23.2 Å². The fraction of sp³-hybridized carbons (Fsp3) is 0.250. The Kier molecular flexibility index (Phi) is 4.46. The number of hydrogen-bond acceptors (Lipinski definition) is 5. The maximum Gasteiger partial charge on any atom is 0.287 e. The first-order valence-electron chi connectivity index (χ1n) is 5.55. The molecule has 0 amide bonds. The zero-order chi connectivity index (χ0) is 14.7. The van der Waals surface area contributed by atoms with Gasteiger partial charge in [0.2, 0.25) is 0 Å². The smallest absolute Gasteiger partial charge is 0.287 e. The minimum atomic E-state index is -0.495. The zero-order valence-corrected chi connectivity index (χ0v) is 12.3. The lowest BCUT2D eigenvalue weighted by Gasteiger charge is -2.12. The quantitative estimate of drug-likeness (QED) is 0.863. The van der Waals surface area contributed by atoms with Crippen molar-refractivity contribution in [3.8, 4) is 11.5 Å². The van der Waals surface area contributed by atoms with Crippen LogP contribution in [0, 0.1) is 0 Å². The summed E-state index contributed by atoms with van der Waals surface area (Å²) >= 11 is 11.5. The lowest BCUT2D eigenvalue weighted by Crippen LogP contribution is -2.24. The maximum atomic E-state index is 11.9. The van der Waals surface area contributed by atoms with Crippen LogP contribution in [0.3, 0.4) is 0 Å². The number of ether oxygens (including phenoxy) is 2. The first kappa shape index (κ1) is 14.6. The first-order chi connectivity index (χ1) is 9.58. The fourth-order valence-electron chi connectivity index (χ4n) is 1.66. The van der Waals surface area contributed by atoms with E-state index in [9.17, 15) is 4.79 Å². The van der Waals surface area contributed by atoms with Gasteiger partial charge in [0, 0.05) is 12.3 Å². The molecule has 0 unspecified atom stereocenters. The third kappa shape index (κ3) is 2.71. The number of aromatic nitrogens is 3. The van der Waals surface area contributed by atoms with E-state index in [-0.39, 0.29) is 16.6 Å². The molecule has 6 nitrogen and oxygen atoms in total. The molecule has 2 aromatic heterocycles. The highest BCUT2D eigenvalue weighted by Crippen LogP contribution is 2.29. The van der Waals surface area contributed by atoms with Gasteiger partial charge in [-0.2, -0.15) is 5.10 Å². The van der Waals surface area contributed by atoms with E-state index in [0.717, 1.165) is 4.68 Å². The van der Waals surface area contributed by atoms with Gasteiger partial charge in [-0.25, -0.2) is 4.68 Å². The normalized spacial score (nSPS) is 10.4. The van der Waals surface area contributed by atoms with Gasteiger partial charge in [0.15, 0.2) is 11.5 Å². The number of rotatable bonds is 4. The topological polar surface area (TPSA) is 66.2 Å². The predicted octanol–water partition coefficient (Wildman–Crippen LogP) is 2.01. The molecule has 8 heteroatoms. The molecule has 0 aromatic carbocycles. The third-order valence-corrected chi connectivity index (χ3v) is 3.36. The van der Waals surface area contributed by atoms with Crippen LogP contribution in [0.4, 0.5) is 0 Å². The minimum Gasteiger partial charge on any atom is -0.493 e. The number of pyridine rings is 1. The van der Waals surface area contributed by atoms with Gasteiger partial charge in [-0.1, -0.05) is 23.2 Å². The molecule has 0 aliphatic carbocycles. The molecule has 2 heterocycles. The van der Waals surface area contributed by atoms with Crippen LogP contribution < -0.4 is 15.0 Å². The minimum absolute atomic E-state index is 0.0801. The molecule has 0 atom stereocenters. The molecule has 20 heavy (non-hydrogen) atoms. The Hall–Kier alpha value is -1.79. The van der Waals surface area contributed by atoms with Crippen LogP contribution in [0.1, 0.15) is 5.69 Å². The van der Waals surface area contributed by atoms with E-state index >= 15 is 0 Å². The molecule has 106 valence electrons.